The van der Waals surface area contributed by atoms with Gasteiger partial charge in [0, 0.05) is 27.9 Å². The molecule has 0 rings (SSSR count). The van der Waals surface area contributed by atoms with Crippen molar-refractivity contribution in [3.05, 3.63) is 0 Å². The first-order valence-electron chi connectivity index (χ1n) is 4.54. The molecular weight excluding hydrogens is 188 g/mol. The van der Waals surface area contributed by atoms with Crippen molar-refractivity contribution in [2.24, 2.45) is 0 Å². The van der Waals surface area contributed by atoms with Crippen LogP contribution in [0.15, 0.2) is 0 Å². The van der Waals surface area contributed by atoms with Gasteiger partial charge >= 0.3 is 9.05 Å². The summed E-state index contributed by atoms with van der Waals surface area (Å²) in [6.45, 7) is 2.78. The van der Waals surface area contributed by atoms with Crippen LogP contribution in [0.5, 0.6) is 0 Å². The Kier molecular flexibility index (Phi) is 7.49. The highest BCUT2D eigenvalue weighted by Crippen LogP contribution is 2.08. The van der Waals surface area contributed by atoms with E-state index in [1.807, 2.05) is 0 Å². The molecule has 0 bridgehead atoms. The summed E-state index contributed by atoms with van der Waals surface area (Å²) in [4.78, 5) is 0. The molecule has 0 aliphatic carbocycles. The van der Waals surface area contributed by atoms with Crippen LogP contribution in [0.2, 0.25) is 0 Å². The molecule has 80 valence electrons. The highest BCUT2D eigenvalue weighted by molar-refractivity contribution is 6.53. The molecule has 5 heteroatoms. The summed E-state index contributed by atoms with van der Waals surface area (Å²) >= 11 is 0. The molecule has 0 atom stereocenters. The lowest BCUT2D eigenvalue weighted by Crippen LogP contribution is -2.46. The first kappa shape index (κ1) is 13.1. The van der Waals surface area contributed by atoms with E-state index in [1.165, 1.54) is 6.42 Å². The predicted octanol–water partition coefficient (Wildman–Crippen LogP) is 1.57. The molecule has 0 N–H and O–H groups in total. The SMILES string of the molecule is CCCCCO[Si](OC)(OC)OC. The maximum atomic E-state index is 5.45. The van der Waals surface area contributed by atoms with Crippen molar-refractivity contribution in [1.29, 1.82) is 0 Å². The Bertz CT molecular complexity index is 108. The average Bonchev–Trinajstić information content (AvgIpc) is 2.20. The monoisotopic (exact) mass is 208 g/mol. The van der Waals surface area contributed by atoms with Gasteiger partial charge in [-0.15, -0.1) is 0 Å². The maximum absolute atomic E-state index is 5.45. The Hall–Kier alpha value is 0.0569. The summed E-state index contributed by atoms with van der Waals surface area (Å²) in [6, 6.07) is 0. The lowest BCUT2D eigenvalue weighted by molar-refractivity contribution is 0.00510. The van der Waals surface area contributed by atoms with Crippen molar-refractivity contribution in [2.45, 2.75) is 26.2 Å². The van der Waals surface area contributed by atoms with Gasteiger partial charge in [-0.1, -0.05) is 19.8 Å². The van der Waals surface area contributed by atoms with Gasteiger partial charge in [-0.2, -0.15) is 0 Å². The van der Waals surface area contributed by atoms with Gasteiger partial charge in [0.15, 0.2) is 0 Å². The minimum Gasteiger partial charge on any atom is -0.355 e. The summed E-state index contributed by atoms with van der Waals surface area (Å²) in [5, 5.41) is 0. The molecule has 4 nitrogen and oxygen atoms in total. The zero-order valence-corrected chi connectivity index (χ0v) is 9.96. The molecule has 0 aromatic rings. The lowest BCUT2D eigenvalue weighted by Gasteiger charge is -2.22. The van der Waals surface area contributed by atoms with Crippen molar-refractivity contribution in [2.75, 3.05) is 27.9 Å². The minimum atomic E-state index is -2.77. The van der Waals surface area contributed by atoms with E-state index in [0.29, 0.717) is 6.61 Å². The molecule has 0 saturated carbocycles. The van der Waals surface area contributed by atoms with E-state index < -0.39 is 9.05 Å². The molecule has 0 aromatic heterocycles. The number of hydrogen-bond acceptors (Lipinski definition) is 4. The second-order valence-corrected chi connectivity index (χ2v) is 5.18. The zero-order chi connectivity index (χ0) is 10.2. The van der Waals surface area contributed by atoms with Gasteiger partial charge < -0.3 is 17.7 Å². The molecule has 0 radical (unpaired) electrons. The van der Waals surface area contributed by atoms with E-state index in [9.17, 15) is 0 Å². The average molecular weight is 208 g/mol. The van der Waals surface area contributed by atoms with Crippen LogP contribution in [0.4, 0.5) is 0 Å². The van der Waals surface area contributed by atoms with E-state index in [2.05, 4.69) is 6.92 Å². The van der Waals surface area contributed by atoms with Crippen LogP contribution in [-0.4, -0.2) is 37.0 Å². The van der Waals surface area contributed by atoms with Crippen LogP contribution in [-0.2, 0) is 17.7 Å². The zero-order valence-electron chi connectivity index (χ0n) is 8.96. The fourth-order valence-corrected chi connectivity index (χ4v) is 2.22. The van der Waals surface area contributed by atoms with E-state index in [0.717, 1.165) is 12.8 Å². The molecule has 13 heavy (non-hydrogen) atoms. The first-order valence-corrected chi connectivity index (χ1v) is 6.17. The Labute approximate surface area is 81.6 Å². The topological polar surface area (TPSA) is 36.9 Å². The third-order valence-electron chi connectivity index (χ3n) is 1.78. The van der Waals surface area contributed by atoms with E-state index in [1.54, 1.807) is 21.3 Å². The molecule has 0 fully saturated rings. The number of rotatable bonds is 8. The van der Waals surface area contributed by atoms with Crippen LogP contribution in [0.1, 0.15) is 26.2 Å². The fourth-order valence-electron chi connectivity index (χ4n) is 0.976. The third kappa shape index (κ3) is 4.73. The minimum absolute atomic E-state index is 0.635. The highest BCUT2D eigenvalue weighted by atomic mass is 28.4. The van der Waals surface area contributed by atoms with Gasteiger partial charge in [-0.25, -0.2) is 0 Å². The first-order chi connectivity index (χ1) is 6.24. The summed E-state index contributed by atoms with van der Waals surface area (Å²) in [5.41, 5.74) is 0. The molecule has 0 aliphatic heterocycles. The van der Waals surface area contributed by atoms with Crippen LogP contribution < -0.4 is 0 Å². The Morgan fingerprint density at radius 1 is 0.923 bits per heavy atom. The van der Waals surface area contributed by atoms with Crippen LogP contribution in [0.3, 0.4) is 0 Å². The summed E-state index contributed by atoms with van der Waals surface area (Å²) in [5.74, 6) is 0. The van der Waals surface area contributed by atoms with E-state index in [4.69, 9.17) is 17.7 Å². The summed E-state index contributed by atoms with van der Waals surface area (Å²) in [7, 11) is 1.85. The second-order valence-electron chi connectivity index (χ2n) is 2.67. The summed E-state index contributed by atoms with van der Waals surface area (Å²) in [6.07, 6.45) is 3.34. The quantitative estimate of drug-likeness (QED) is 0.448. The third-order valence-corrected chi connectivity index (χ3v) is 3.83. The molecule has 0 unspecified atom stereocenters. The van der Waals surface area contributed by atoms with Gasteiger partial charge in [0.2, 0.25) is 0 Å². The summed E-state index contributed by atoms with van der Waals surface area (Å²) < 4.78 is 20.7. The molecule has 0 spiro atoms. The highest BCUT2D eigenvalue weighted by Gasteiger charge is 2.41. The molecule has 0 aromatic carbocycles. The molecule has 0 amide bonds. The fraction of sp³-hybridized carbons (Fsp3) is 1.00. The van der Waals surface area contributed by atoms with Gasteiger partial charge in [0.1, 0.15) is 0 Å². The second kappa shape index (κ2) is 7.46. The largest absolute Gasteiger partial charge is 0.678 e. The van der Waals surface area contributed by atoms with Gasteiger partial charge in [0.05, 0.1) is 0 Å². The van der Waals surface area contributed by atoms with Gasteiger partial charge in [0.25, 0.3) is 0 Å². The van der Waals surface area contributed by atoms with Crippen molar-refractivity contribution in [3.8, 4) is 0 Å². The molecule has 0 heterocycles. The van der Waals surface area contributed by atoms with Crippen molar-refractivity contribution in [3.63, 3.8) is 0 Å². The lowest BCUT2D eigenvalue weighted by atomic mass is 10.3. The molecular formula is C8H20O4Si. The Morgan fingerprint density at radius 3 is 1.85 bits per heavy atom. The maximum Gasteiger partial charge on any atom is 0.678 e. The van der Waals surface area contributed by atoms with E-state index >= 15 is 0 Å². The smallest absolute Gasteiger partial charge is 0.355 e. The molecule has 0 saturated heterocycles. The standard InChI is InChI=1S/C8H20O4Si/c1-5-6-7-8-12-13(9-2,10-3)11-4/h5-8H2,1-4H3. The predicted molar refractivity (Wildman–Crippen MR) is 52.3 cm³/mol. The van der Waals surface area contributed by atoms with Gasteiger partial charge in [-0.3, -0.25) is 0 Å². The number of unbranched alkanes of at least 4 members (excludes halogenated alkanes) is 2. The van der Waals surface area contributed by atoms with Crippen molar-refractivity contribution >= 4 is 9.05 Å². The Balaban J connectivity index is 3.68. The van der Waals surface area contributed by atoms with Crippen molar-refractivity contribution in [1.82, 2.24) is 0 Å². The Morgan fingerprint density at radius 2 is 1.46 bits per heavy atom. The van der Waals surface area contributed by atoms with Crippen LogP contribution in [0.25, 0.3) is 0 Å². The van der Waals surface area contributed by atoms with E-state index in [-0.39, 0.29) is 0 Å². The van der Waals surface area contributed by atoms with Gasteiger partial charge in [-0.05, 0) is 6.42 Å². The number of hydrogen-bond donors (Lipinski definition) is 0. The molecule has 0 aliphatic rings. The normalized spacial score (nSPS) is 12.0. The van der Waals surface area contributed by atoms with Crippen molar-refractivity contribution < 1.29 is 17.7 Å². The van der Waals surface area contributed by atoms with Crippen LogP contribution in [0, 0.1) is 0 Å². The van der Waals surface area contributed by atoms with Crippen LogP contribution >= 0.6 is 0 Å².